The molecule has 0 saturated carbocycles. The Labute approximate surface area is 229 Å². The lowest BCUT2D eigenvalue weighted by Crippen LogP contribution is -2.51. The van der Waals surface area contributed by atoms with Crippen molar-refractivity contribution in [3.63, 3.8) is 0 Å². The van der Waals surface area contributed by atoms with Gasteiger partial charge in [0.15, 0.2) is 0 Å². The van der Waals surface area contributed by atoms with Gasteiger partial charge in [0.25, 0.3) is 11.8 Å². The molecule has 0 aliphatic rings. The van der Waals surface area contributed by atoms with E-state index in [1.807, 2.05) is 62.4 Å². The number of carbonyl (C=O) groups is 3. The van der Waals surface area contributed by atoms with Crippen LogP contribution in [0.15, 0.2) is 60.7 Å². The second-order valence-corrected chi connectivity index (χ2v) is 10.3. The molecular weight excluding hydrogens is 498 g/mol. The summed E-state index contributed by atoms with van der Waals surface area (Å²) in [6.07, 6.45) is 5.05. The molecule has 0 heterocycles. The first-order chi connectivity index (χ1) is 17.9. The number of nitrogens with zero attached hydrogens (tertiary/aromatic N) is 1. The molecule has 0 fully saturated rings. The number of anilines is 1. The Morgan fingerprint density at radius 1 is 1.03 bits per heavy atom. The number of alkyl carbamates (subject to hydrolysis) is 1. The van der Waals surface area contributed by atoms with Gasteiger partial charge >= 0.3 is 6.09 Å². The van der Waals surface area contributed by atoms with Gasteiger partial charge in [0.05, 0.1) is 0 Å². The summed E-state index contributed by atoms with van der Waals surface area (Å²) in [5, 5.41) is 7.42. The van der Waals surface area contributed by atoms with Crippen LogP contribution >= 0.6 is 12.6 Å². The first-order valence-electron chi connectivity index (χ1n) is 12.2. The van der Waals surface area contributed by atoms with E-state index in [1.54, 1.807) is 32.9 Å². The molecule has 0 aliphatic carbocycles. The van der Waals surface area contributed by atoms with Gasteiger partial charge in [-0.3, -0.25) is 14.5 Å². The molecule has 3 amide bonds. The van der Waals surface area contributed by atoms with E-state index in [2.05, 4.69) is 29.3 Å². The lowest BCUT2D eigenvalue weighted by molar-refractivity contribution is -0.136. The molecule has 3 aromatic rings. The average Bonchev–Trinajstić information content (AvgIpc) is 2.86. The number of thiol groups is 1. The predicted octanol–water partition coefficient (Wildman–Crippen LogP) is 5.38. The minimum Gasteiger partial charge on any atom is -0.444 e. The van der Waals surface area contributed by atoms with E-state index in [1.165, 1.54) is 0 Å². The molecule has 0 aliphatic heterocycles. The molecular formula is C30H33N3O4S. The number of amides is 3. The van der Waals surface area contributed by atoms with Crippen LogP contribution in [-0.4, -0.2) is 40.2 Å². The van der Waals surface area contributed by atoms with Gasteiger partial charge in [-0.2, -0.15) is 12.6 Å². The van der Waals surface area contributed by atoms with E-state index in [9.17, 15) is 14.4 Å². The minimum atomic E-state index is -1.17. The van der Waals surface area contributed by atoms with Gasteiger partial charge < -0.3 is 15.4 Å². The quantitative estimate of drug-likeness (QED) is 0.217. The maximum absolute atomic E-state index is 13.8. The van der Waals surface area contributed by atoms with Gasteiger partial charge in [-0.15, -0.1) is 0 Å². The molecule has 0 spiro atoms. The minimum absolute atomic E-state index is 0.0535. The highest BCUT2D eigenvalue weighted by atomic mass is 32.1. The highest BCUT2D eigenvalue weighted by molar-refractivity contribution is 7.80. The van der Waals surface area contributed by atoms with E-state index < -0.39 is 35.6 Å². The number of rotatable bonds is 7. The van der Waals surface area contributed by atoms with Crippen LogP contribution in [0.5, 0.6) is 0 Å². The van der Waals surface area contributed by atoms with Gasteiger partial charge in [-0.05, 0) is 74.2 Å². The monoisotopic (exact) mass is 531 g/mol. The van der Waals surface area contributed by atoms with Gasteiger partial charge in [0.2, 0.25) is 0 Å². The Bertz CT molecular complexity index is 1390. The number of nitrogens with one attached hydrogen (secondary N) is 2. The fourth-order valence-corrected chi connectivity index (χ4v) is 4.26. The van der Waals surface area contributed by atoms with Crippen molar-refractivity contribution in [3.05, 3.63) is 77.4 Å². The van der Waals surface area contributed by atoms with Gasteiger partial charge in [0.1, 0.15) is 17.7 Å². The highest BCUT2D eigenvalue weighted by Crippen LogP contribution is 2.29. The summed E-state index contributed by atoms with van der Waals surface area (Å²) in [5.74, 6) is -1.20. The van der Waals surface area contributed by atoms with Gasteiger partial charge in [0, 0.05) is 17.5 Å². The van der Waals surface area contributed by atoms with E-state index in [4.69, 9.17) is 11.2 Å². The van der Waals surface area contributed by atoms with Gasteiger partial charge in [-0.25, -0.2) is 4.79 Å². The summed E-state index contributed by atoms with van der Waals surface area (Å²) in [4.78, 5) is 40.8. The Balaban J connectivity index is 1.98. The van der Waals surface area contributed by atoms with E-state index in [0.717, 1.165) is 26.8 Å². The van der Waals surface area contributed by atoms with Crippen LogP contribution in [0.1, 0.15) is 43.5 Å². The van der Waals surface area contributed by atoms with Crippen LogP contribution in [0.4, 0.5) is 10.5 Å². The van der Waals surface area contributed by atoms with Crippen molar-refractivity contribution in [1.29, 1.82) is 0 Å². The molecule has 2 atom stereocenters. The summed E-state index contributed by atoms with van der Waals surface area (Å²) in [5.41, 5.74) is 2.13. The fourth-order valence-electron chi connectivity index (χ4n) is 4.01. The van der Waals surface area contributed by atoms with Crippen molar-refractivity contribution in [3.8, 4) is 12.5 Å². The largest absolute Gasteiger partial charge is 0.444 e. The average molecular weight is 532 g/mol. The molecule has 198 valence electrons. The zero-order valence-electron chi connectivity index (χ0n) is 22.2. The lowest BCUT2D eigenvalue weighted by atomic mass is 9.95. The van der Waals surface area contributed by atoms with Crippen molar-refractivity contribution in [2.45, 2.75) is 52.3 Å². The summed E-state index contributed by atoms with van der Waals surface area (Å²) < 4.78 is 5.29. The third-order valence-electron chi connectivity index (χ3n) is 6.01. The molecule has 8 heteroatoms. The SMILES string of the molecule is C#CN(C(=O)C(CS)NC(=O)OC(C)(C)C)C(C(=O)Nc1ccc2ccccc2c1)c1cccc(C)c1C. The van der Waals surface area contributed by atoms with Crippen molar-refractivity contribution in [2.75, 3.05) is 11.1 Å². The molecule has 0 bridgehead atoms. The van der Waals surface area contributed by atoms with E-state index in [-0.39, 0.29) is 5.75 Å². The second kappa shape index (κ2) is 12.1. The maximum atomic E-state index is 13.8. The zero-order valence-corrected chi connectivity index (χ0v) is 23.1. The number of aryl methyl sites for hydroxylation is 1. The predicted molar refractivity (Wildman–Crippen MR) is 154 cm³/mol. The Kier molecular flexibility index (Phi) is 9.08. The Hall–Kier alpha value is -3.96. The molecule has 2 unspecified atom stereocenters. The molecule has 2 N–H and O–H groups in total. The number of hydrogen-bond acceptors (Lipinski definition) is 5. The van der Waals surface area contributed by atoms with Gasteiger partial charge in [-0.1, -0.05) is 55.0 Å². The molecule has 7 nitrogen and oxygen atoms in total. The van der Waals surface area contributed by atoms with Crippen LogP contribution in [0.3, 0.4) is 0 Å². The Morgan fingerprint density at radius 2 is 1.71 bits per heavy atom. The summed E-state index contributed by atoms with van der Waals surface area (Å²) in [6.45, 7) is 8.93. The first kappa shape index (κ1) is 28.6. The highest BCUT2D eigenvalue weighted by Gasteiger charge is 2.36. The van der Waals surface area contributed by atoms with E-state index in [0.29, 0.717) is 11.3 Å². The molecule has 3 aromatic carbocycles. The van der Waals surface area contributed by atoms with Crippen molar-refractivity contribution in [1.82, 2.24) is 10.2 Å². The third-order valence-corrected chi connectivity index (χ3v) is 6.38. The van der Waals surface area contributed by atoms with Crippen LogP contribution < -0.4 is 10.6 Å². The smallest absolute Gasteiger partial charge is 0.408 e. The standard InChI is InChI=1S/C30H33N3O4S/c1-7-33(28(35)25(18-38)32-29(36)37-30(4,5)6)26(24-14-10-11-19(2)20(24)3)27(34)31-23-16-15-21-12-8-9-13-22(21)17-23/h1,8-17,25-26,38H,18H2,2-6H3,(H,31,34)(H,32,36). The number of terminal acetylenes is 1. The van der Waals surface area contributed by atoms with Crippen LogP contribution in [0, 0.1) is 26.3 Å². The Morgan fingerprint density at radius 3 is 2.34 bits per heavy atom. The number of carbonyl (C=O) groups excluding carboxylic acids is 3. The van der Waals surface area contributed by atoms with Crippen LogP contribution in [0.2, 0.25) is 0 Å². The van der Waals surface area contributed by atoms with Crippen molar-refractivity contribution < 1.29 is 19.1 Å². The second-order valence-electron chi connectivity index (χ2n) is 9.96. The number of fused-ring (bicyclic) bond motifs is 1. The topological polar surface area (TPSA) is 87.7 Å². The summed E-state index contributed by atoms with van der Waals surface area (Å²) in [7, 11) is 0. The van der Waals surface area contributed by atoms with E-state index >= 15 is 0 Å². The number of ether oxygens (including phenoxy) is 1. The number of benzene rings is 3. The maximum Gasteiger partial charge on any atom is 0.408 e. The van der Waals surface area contributed by atoms with Crippen molar-refractivity contribution in [2.24, 2.45) is 0 Å². The fraction of sp³-hybridized carbons (Fsp3) is 0.300. The molecule has 38 heavy (non-hydrogen) atoms. The van der Waals surface area contributed by atoms with Crippen molar-refractivity contribution >= 4 is 47.0 Å². The molecule has 0 aromatic heterocycles. The normalized spacial score (nSPS) is 12.7. The third kappa shape index (κ3) is 6.87. The molecule has 0 radical (unpaired) electrons. The number of hydrogen-bond donors (Lipinski definition) is 3. The molecule has 0 saturated heterocycles. The summed E-state index contributed by atoms with van der Waals surface area (Å²) in [6, 6.07) is 18.9. The zero-order chi connectivity index (χ0) is 28.0. The lowest BCUT2D eigenvalue weighted by Gasteiger charge is -2.31. The van der Waals surface area contributed by atoms with Crippen LogP contribution in [0.25, 0.3) is 10.8 Å². The first-order valence-corrected chi connectivity index (χ1v) is 12.8. The van der Waals surface area contributed by atoms with Crippen LogP contribution in [-0.2, 0) is 14.3 Å². The summed E-state index contributed by atoms with van der Waals surface area (Å²) >= 11 is 4.25. The molecule has 3 rings (SSSR count).